The maximum absolute atomic E-state index is 12.6. The van der Waals surface area contributed by atoms with Gasteiger partial charge in [0.1, 0.15) is 5.76 Å². The van der Waals surface area contributed by atoms with Crippen LogP contribution in [-0.2, 0) is 11.3 Å². The van der Waals surface area contributed by atoms with Crippen molar-refractivity contribution in [3.8, 4) is 11.5 Å². The van der Waals surface area contributed by atoms with Gasteiger partial charge in [0, 0.05) is 6.54 Å². The van der Waals surface area contributed by atoms with Gasteiger partial charge in [-0.1, -0.05) is 55.9 Å². The van der Waals surface area contributed by atoms with E-state index in [1.807, 2.05) is 51.1 Å². The number of carbonyl (C=O) groups excluding carboxylic acids is 1. The monoisotopic (exact) mass is 371 g/mol. The van der Waals surface area contributed by atoms with Crippen molar-refractivity contribution >= 4 is 17.7 Å². The number of furan rings is 1. The molecule has 1 atom stereocenters. The van der Waals surface area contributed by atoms with Crippen molar-refractivity contribution in [3.05, 3.63) is 54.0 Å². The summed E-state index contributed by atoms with van der Waals surface area (Å²) in [6.45, 7) is 6.32. The number of hydrogen-bond acceptors (Lipinski definition) is 6. The van der Waals surface area contributed by atoms with Crippen LogP contribution in [0.3, 0.4) is 0 Å². The summed E-state index contributed by atoms with van der Waals surface area (Å²) in [5.74, 6) is 1.17. The largest absolute Gasteiger partial charge is 0.469 e. The number of rotatable bonds is 7. The highest BCUT2D eigenvalue weighted by Crippen LogP contribution is 2.31. The van der Waals surface area contributed by atoms with Crippen LogP contribution in [0.2, 0.25) is 0 Å². The first-order valence-electron chi connectivity index (χ1n) is 8.41. The highest BCUT2D eigenvalue weighted by molar-refractivity contribution is 8.00. The number of aromatic nitrogens is 2. The van der Waals surface area contributed by atoms with Gasteiger partial charge in [-0.25, -0.2) is 0 Å². The molecule has 1 N–H and O–H groups in total. The SMILES string of the molecule is Cc1occc1-c1nnc(S[C@H](C(=O)NCc2ccccc2)C(C)C)o1. The molecule has 0 spiro atoms. The van der Waals surface area contributed by atoms with E-state index in [9.17, 15) is 4.79 Å². The van der Waals surface area contributed by atoms with Crippen molar-refractivity contribution in [3.63, 3.8) is 0 Å². The van der Waals surface area contributed by atoms with Gasteiger partial charge in [0.05, 0.1) is 17.1 Å². The molecule has 26 heavy (non-hydrogen) atoms. The molecule has 2 heterocycles. The first kappa shape index (κ1) is 18.3. The van der Waals surface area contributed by atoms with Crippen LogP contribution >= 0.6 is 11.8 Å². The van der Waals surface area contributed by atoms with Gasteiger partial charge < -0.3 is 14.2 Å². The summed E-state index contributed by atoms with van der Waals surface area (Å²) in [5.41, 5.74) is 1.82. The molecule has 0 saturated carbocycles. The lowest BCUT2D eigenvalue weighted by Crippen LogP contribution is -2.35. The number of benzene rings is 1. The Kier molecular flexibility index (Phi) is 5.78. The highest BCUT2D eigenvalue weighted by atomic mass is 32.2. The maximum atomic E-state index is 12.6. The molecule has 3 rings (SSSR count). The zero-order valence-electron chi connectivity index (χ0n) is 14.9. The van der Waals surface area contributed by atoms with Crippen LogP contribution in [0.15, 0.2) is 56.7 Å². The first-order chi connectivity index (χ1) is 12.5. The summed E-state index contributed by atoms with van der Waals surface area (Å²) >= 11 is 1.28. The fourth-order valence-electron chi connectivity index (χ4n) is 2.46. The van der Waals surface area contributed by atoms with Gasteiger partial charge in [-0.05, 0) is 24.5 Å². The molecule has 0 unspecified atom stereocenters. The second-order valence-electron chi connectivity index (χ2n) is 6.25. The minimum atomic E-state index is -0.322. The lowest BCUT2D eigenvalue weighted by Gasteiger charge is -2.18. The van der Waals surface area contributed by atoms with E-state index in [4.69, 9.17) is 8.83 Å². The quantitative estimate of drug-likeness (QED) is 0.631. The molecular formula is C19H21N3O3S. The van der Waals surface area contributed by atoms with Gasteiger partial charge >= 0.3 is 0 Å². The molecule has 0 radical (unpaired) electrons. The molecule has 1 amide bonds. The number of nitrogens with one attached hydrogen (secondary N) is 1. The lowest BCUT2D eigenvalue weighted by atomic mass is 10.1. The first-order valence-corrected chi connectivity index (χ1v) is 9.29. The summed E-state index contributed by atoms with van der Waals surface area (Å²) < 4.78 is 11.0. The lowest BCUT2D eigenvalue weighted by molar-refractivity contribution is -0.121. The number of carbonyl (C=O) groups is 1. The van der Waals surface area contributed by atoms with Crippen LogP contribution < -0.4 is 5.32 Å². The van der Waals surface area contributed by atoms with Crippen molar-refractivity contribution in [2.24, 2.45) is 5.92 Å². The van der Waals surface area contributed by atoms with E-state index < -0.39 is 0 Å². The van der Waals surface area contributed by atoms with E-state index in [2.05, 4.69) is 15.5 Å². The van der Waals surface area contributed by atoms with Crippen molar-refractivity contribution in [1.82, 2.24) is 15.5 Å². The molecule has 136 valence electrons. The molecule has 0 aliphatic rings. The molecule has 2 aromatic heterocycles. The summed E-state index contributed by atoms with van der Waals surface area (Å²) in [6, 6.07) is 11.6. The Labute approximate surface area is 156 Å². The summed E-state index contributed by atoms with van der Waals surface area (Å²) in [7, 11) is 0. The Morgan fingerprint density at radius 1 is 1.19 bits per heavy atom. The van der Waals surface area contributed by atoms with E-state index in [1.165, 1.54) is 11.8 Å². The van der Waals surface area contributed by atoms with Gasteiger partial charge in [-0.3, -0.25) is 4.79 Å². The Hall–Kier alpha value is -2.54. The zero-order valence-corrected chi connectivity index (χ0v) is 15.7. The Morgan fingerprint density at radius 2 is 1.96 bits per heavy atom. The van der Waals surface area contributed by atoms with Crippen LogP contribution in [0.1, 0.15) is 25.2 Å². The van der Waals surface area contributed by atoms with E-state index >= 15 is 0 Å². The Balaban J connectivity index is 1.66. The summed E-state index contributed by atoms with van der Waals surface area (Å²) in [5, 5.41) is 11.1. The molecule has 3 aromatic rings. The molecule has 7 heteroatoms. The molecule has 1 aromatic carbocycles. The number of thioether (sulfide) groups is 1. The van der Waals surface area contributed by atoms with E-state index in [-0.39, 0.29) is 17.1 Å². The molecule has 0 aliphatic heterocycles. The van der Waals surface area contributed by atoms with E-state index in [0.717, 1.165) is 11.1 Å². The molecule has 6 nitrogen and oxygen atoms in total. The van der Waals surface area contributed by atoms with Gasteiger partial charge in [0.25, 0.3) is 11.1 Å². The fourth-order valence-corrected chi connectivity index (χ4v) is 3.35. The number of nitrogens with zero attached hydrogens (tertiary/aromatic N) is 2. The van der Waals surface area contributed by atoms with E-state index in [0.29, 0.717) is 23.4 Å². The Morgan fingerprint density at radius 3 is 2.62 bits per heavy atom. The van der Waals surface area contributed by atoms with Crippen molar-refractivity contribution in [2.45, 2.75) is 37.8 Å². The number of aryl methyl sites for hydroxylation is 1. The van der Waals surface area contributed by atoms with Crippen LogP contribution in [0, 0.1) is 12.8 Å². The van der Waals surface area contributed by atoms with Crippen LogP contribution in [0.25, 0.3) is 11.5 Å². The molecule has 0 saturated heterocycles. The fraction of sp³-hybridized carbons (Fsp3) is 0.316. The number of hydrogen-bond donors (Lipinski definition) is 1. The molecule has 0 fully saturated rings. The summed E-state index contributed by atoms with van der Waals surface area (Å²) in [4.78, 5) is 12.6. The maximum Gasteiger partial charge on any atom is 0.277 e. The third-order valence-corrected chi connectivity index (χ3v) is 5.28. The van der Waals surface area contributed by atoms with Crippen LogP contribution in [0.5, 0.6) is 0 Å². The second-order valence-corrected chi connectivity index (χ2v) is 7.34. The van der Waals surface area contributed by atoms with Crippen molar-refractivity contribution < 1.29 is 13.6 Å². The van der Waals surface area contributed by atoms with Crippen molar-refractivity contribution in [2.75, 3.05) is 0 Å². The minimum Gasteiger partial charge on any atom is -0.469 e. The second kappa shape index (κ2) is 8.23. The van der Waals surface area contributed by atoms with Gasteiger partial charge in [0.2, 0.25) is 5.91 Å². The molecule has 0 aliphatic carbocycles. The Bertz CT molecular complexity index is 858. The van der Waals surface area contributed by atoms with Crippen molar-refractivity contribution in [1.29, 1.82) is 0 Å². The normalized spacial score (nSPS) is 12.3. The molecule has 0 bridgehead atoms. The van der Waals surface area contributed by atoms with Gasteiger partial charge in [0.15, 0.2) is 0 Å². The predicted molar refractivity (Wildman–Crippen MR) is 99.5 cm³/mol. The van der Waals surface area contributed by atoms with E-state index in [1.54, 1.807) is 12.3 Å². The third-order valence-electron chi connectivity index (χ3n) is 3.90. The minimum absolute atomic E-state index is 0.0481. The highest BCUT2D eigenvalue weighted by Gasteiger charge is 2.26. The predicted octanol–water partition coefficient (Wildman–Crippen LogP) is 4.07. The zero-order chi connectivity index (χ0) is 18.5. The standard InChI is InChI=1S/C19H21N3O3S/c1-12(2)16(17(23)20-11-14-7-5-4-6-8-14)26-19-22-21-18(25-19)15-9-10-24-13(15)3/h4-10,12,16H,11H2,1-3H3,(H,20,23)/t16-/m0/s1. The van der Waals surface area contributed by atoms with Crippen LogP contribution in [-0.4, -0.2) is 21.4 Å². The molecular weight excluding hydrogens is 350 g/mol. The van der Waals surface area contributed by atoms with Crippen LogP contribution in [0.4, 0.5) is 0 Å². The van der Waals surface area contributed by atoms with Gasteiger partial charge in [-0.2, -0.15) is 0 Å². The average Bonchev–Trinajstić information content (AvgIpc) is 3.26. The van der Waals surface area contributed by atoms with Gasteiger partial charge in [-0.15, -0.1) is 10.2 Å². The topological polar surface area (TPSA) is 81.2 Å². The average molecular weight is 371 g/mol. The smallest absolute Gasteiger partial charge is 0.277 e. The summed E-state index contributed by atoms with van der Waals surface area (Å²) in [6.07, 6.45) is 1.58. The number of amides is 1. The third kappa shape index (κ3) is 4.35.